The third kappa shape index (κ3) is 11.8. The second kappa shape index (κ2) is 17.9. The van der Waals surface area contributed by atoms with Crippen molar-refractivity contribution in [3.8, 4) is 0 Å². The largest absolute Gasteiger partial charge is 0.374 e. The Bertz CT molecular complexity index is 1250. The maximum absolute atomic E-state index is 13.8. The van der Waals surface area contributed by atoms with E-state index >= 15 is 0 Å². The molecule has 0 spiro atoms. The molecule has 44 heavy (non-hydrogen) atoms. The van der Waals surface area contributed by atoms with Crippen LogP contribution < -0.4 is 10.6 Å². The highest BCUT2D eigenvalue weighted by atomic mass is 32.1. The number of likely N-dealkylation sites (N-methyl/N-ethyl adjacent to an activating group) is 1. The molecule has 246 valence electrons. The van der Waals surface area contributed by atoms with Crippen molar-refractivity contribution >= 4 is 36.5 Å². The summed E-state index contributed by atoms with van der Waals surface area (Å²) in [6.07, 6.45) is 0.624. The fraction of sp³-hybridized carbons (Fsp3) is 0.613. The highest BCUT2D eigenvalue weighted by Gasteiger charge is 2.35. The average Bonchev–Trinajstić information content (AvgIpc) is 3.45. The Kier molecular flexibility index (Phi) is 15.3. The SMILES string of the molecule is CCC(C)[C@H](CC(=O)CNC)C(=O)N(C)[C@H](CC(OC)c1nc(C(=O)N[C@@H](Cc2ccccc2)CP(=O)(O)O)cs1)C(C)C. The number of nitrogens with zero attached hydrogens (tertiary/aromatic N) is 2. The highest BCUT2D eigenvalue weighted by Crippen LogP contribution is 2.36. The minimum atomic E-state index is -4.40. The van der Waals surface area contributed by atoms with Gasteiger partial charge in [-0.1, -0.05) is 64.4 Å². The van der Waals surface area contributed by atoms with Gasteiger partial charge in [0.15, 0.2) is 0 Å². The molecule has 2 rings (SSSR count). The zero-order valence-corrected chi connectivity index (χ0v) is 28.6. The van der Waals surface area contributed by atoms with E-state index in [-0.39, 0.29) is 54.6 Å². The molecule has 13 heteroatoms. The summed E-state index contributed by atoms with van der Waals surface area (Å²) in [6, 6.07) is 8.15. The van der Waals surface area contributed by atoms with E-state index < -0.39 is 37.7 Å². The number of ketones is 1. The van der Waals surface area contributed by atoms with Gasteiger partial charge in [0.05, 0.1) is 12.7 Å². The molecule has 1 aromatic carbocycles. The molecule has 2 amide bonds. The van der Waals surface area contributed by atoms with Crippen LogP contribution in [0.1, 0.15) is 74.1 Å². The Morgan fingerprint density at radius 3 is 2.34 bits per heavy atom. The number of aromatic nitrogens is 1. The molecule has 0 aliphatic carbocycles. The fourth-order valence-electron chi connectivity index (χ4n) is 5.30. The van der Waals surface area contributed by atoms with Gasteiger partial charge in [0, 0.05) is 50.4 Å². The molecule has 0 saturated heterocycles. The van der Waals surface area contributed by atoms with Gasteiger partial charge < -0.3 is 30.1 Å². The summed E-state index contributed by atoms with van der Waals surface area (Å²) in [5, 5.41) is 7.77. The number of thiazole rings is 1. The number of rotatable bonds is 19. The predicted octanol–water partition coefficient (Wildman–Crippen LogP) is 4.06. The van der Waals surface area contributed by atoms with Crippen LogP contribution in [0.5, 0.6) is 0 Å². The van der Waals surface area contributed by atoms with Gasteiger partial charge in [-0.15, -0.1) is 11.3 Å². The van der Waals surface area contributed by atoms with E-state index in [0.717, 1.165) is 12.0 Å². The molecule has 2 aromatic rings. The van der Waals surface area contributed by atoms with Gasteiger partial charge >= 0.3 is 7.60 Å². The lowest BCUT2D eigenvalue weighted by molar-refractivity contribution is -0.142. The lowest BCUT2D eigenvalue weighted by Gasteiger charge is -2.36. The number of nitrogens with one attached hydrogen (secondary N) is 2. The Labute approximate surface area is 265 Å². The molecule has 0 bridgehead atoms. The first-order valence-corrected chi connectivity index (χ1v) is 17.7. The van der Waals surface area contributed by atoms with E-state index in [1.54, 1.807) is 31.5 Å². The van der Waals surface area contributed by atoms with Gasteiger partial charge in [0.1, 0.15) is 22.6 Å². The molecule has 0 fully saturated rings. The maximum atomic E-state index is 13.8. The Morgan fingerprint density at radius 1 is 1.14 bits per heavy atom. The Morgan fingerprint density at radius 2 is 1.80 bits per heavy atom. The van der Waals surface area contributed by atoms with Gasteiger partial charge in [0.25, 0.3) is 5.91 Å². The lowest BCUT2D eigenvalue weighted by atomic mass is 9.85. The van der Waals surface area contributed by atoms with Crippen LogP contribution in [-0.2, 0) is 25.3 Å². The second-order valence-electron chi connectivity index (χ2n) is 11.8. The maximum Gasteiger partial charge on any atom is 0.327 e. The number of ether oxygens (including phenoxy) is 1. The number of benzene rings is 1. The smallest absolute Gasteiger partial charge is 0.327 e. The van der Waals surface area contributed by atoms with Crippen LogP contribution in [0.4, 0.5) is 0 Å². The number of carbonyl (C=O) groups is 3. The molecule has 0 aliphatic rings. The number of methoxy groups -OCH3 is 1. The van der Waals surface area contributed by atoms with E-state index in [1.807, 2.05) is 58.0 Å². The molecule has 1 aromatic heterocycles. The molecule has 2 unspecified atom stereocenters. The van der Waals surface area contributed by atoms with Crippen LogP contribution >= 0.6 is 18.9 Å². The third-order valence-electron chi connectivity index (χ3n) is 7.97. The lowest BCUT2D eigenvalue weighted by Crippen LogP contribution is -2.46. The minimum Gasteiger partial charge on any atom is -0.374 e. The number of hydrogen-bond donors (Lipinski definition) is 4. The molecule has 5 atom stereocenters. The highest BCUT2D eigenvalue weighted by molar-refractivity contribution is 7.51. The molecular weight excluding hydrogens is 603 g/mol. The van der Waals surface area contributed by atoms with Gasteiger partial charge in [-0.05, 0) is 30.9 Å². The summed E-state index contributed by atoms with van der Waals surface area (Å²) in [4.78, 5) is 64.8. The Hall–Kier alpha value is -2.47. The average molecular weight is 653 g/mol. The molecule has 4 N–H and O–H groups in total. The van der Waals surface area contributed by atoms with Crippen LogP contribution in [0.25, 0.3) is 0 Å². The summed E-state index contributed by atoms with van der Waals surface area (Å²) in [7, 11) is 0.637. The van der Waals surface area contributed by atoms with Crippen molar-refractivity contribution in [1.29, 1.82) is 0 Å². The summed E-state index contributed by atoms with van der Waals surface area (Å²) in [5.41, 5.74) is 0.964. The standard InChI is InChI=1S/C31H49N4O7PS/c1-8-21(4)25(15-24(36)17-32-5)31(38)35(6)27(20(2)3)16-28(42-7)30-34-26(19-44-30)29(37)33-23(18-43(39,40)41)14-22-12-10-9-11-13-22/h9-13,19-21,23,25,27-28,32H,8,14-18H2,1-7H3,(H,33,37)(H2,39,40,41)/t21?,23-,25-,27+,28?/m0/s1. The number of amides is 2. The topological polar surface area (TPSA) is 158 Å². The van der Waals surface area contributed by atoms with Crippen molar-refractivity contribution in [2.75, 3.05) is 33.9 Å². The first-order valence-electron chi connectivity index (χ1n) is 15.0. The second-order valence-corrected chi connectivity index (χ2v) is 14.3. The third-order valence-corrected chi connectivity index (χ3v) is 9.83. The fourth-order valence-corrected chi connectivity index (χ4v) is 6.98. The monoisotopic (exact) mass is 652 g/mol. The quantitative estimate of drug-likeness (QED) is 0.164. The van der Waals surface area contributed by atoms with Crippen LogP contribution in [-0.4, -0.2) is 83.3 Å². The normalized spacial score (nSPS) is 15.3. The van der Waals surface area contributed by atoms with Crippen LogP contribution in [0.3, 0.4) is 0 Å². The van der Waals surface area contributed by atoms with E-state index in [1.165, 1.54) is 11.3 Å². The molecule has 0 aliphatic heterocycles. The van der Waals surface area contributed by atoms with Crippen molar-refractivity contribution in [3.05, 3.63) is 52.0 Å². The summed E-state index contributed by atoms with van der Waals surface area (Å²) >= 11 is 1.25. The summed E-state index contributed by atoms with van der Waals surface area (Å²) in [5.74, 6) is -0.941. The first-order chi connectivity index (χ1) is 20.7. The predicted molar refractivity (Wildman–Crippen MR) is 173 cm³/mol. The van der Waals surface area contributed by atoms with Crippen molar-refractivity contribution in [2.45, 2.75) is 71.6 Å². The zero-order chi connectivity index (χ0) is 33.0. The number of Topliss-reactive ketones (excluding diaryl/α,β-unsaturated/α-hetero) is 1. The van der Waals surface area contributed by atoms with Gasteiger partial charge in [-0.25, -0.2) is 4.98 Å². The molecule has 0 saturated carbocycles. The van der Waals surface area contributed by atoms with Gasteiger partial charge in [-0.2, -0.15) is 0 Å². The molecular formula is C31H49N4O7PS. The Balaban J connectivity index is 2.21. The molecule has 0 radical (unpaired) electrons. The first kappa shape index (κ1) is 37.7. The van der Waals surface area contributed by atoms with Crippen LogP contribution in [0.2, 0.25) is 0 Å². The molecule has 1 heterocycles. The van der Waals surface area contributed by atoms with Gasteiger partial charge in [-0.3, -0.25) is 18.9 Å². The van der Waals surface area contributed by atoms with E-state index in [9.17, 15) is 28.7 Å². The van der Waals surface area contributed by atoms with Crippen LogP contribution in [0.15, 0.2) is 35.7 Å². The van der Waals surface area contributed by atoms with Crippen molar-refractivity contribution in [1.82, 2.24) is 20.5 Å². The van der Waals surface area contributed by atoms with Crippen LogP contribution in [0, 0.1) is 17.8 Å². The minimum absolute atomic E-state index is 0.00388. The zero-order valence-electron chi connectivity index (χ0n) is 26.9. The number of hydrogen-bond acceptors (Lipinski definition) is 8. The summed E-state index contributed by atoms with van der Waals surface area (Å²) in [6.45, 7) is 8.29. The van der Waals surface area contributed by atoms with Crippen molar-refractivity contribution in [2.24, 2.45) is 17.8 Å². The summed E-state index contributed by atoms with van der Waals surface area (Å²) < 4.78 is 17.6. The van der Waals surface area contributed by atoms with E-state index in [0.29, 0.717) is 11.4 Å². The number of carbonyl (C=O) groups excluding carboxylic acids is 3. The van der Waals surface area contributed by atoms with Crippen molar-refractivity contribution in [3.63, 3.8) is 0 Å². The van der Waals surface area contributed by atoms with Gasteiger partial charge in [0.2, 0.25) is 5.91 Å². The molecule has 11 nitrogen and oxygen atoms in total. The van der Waals surface area contributed by atoms with E-state index in [4.69, 9.17) is 4.74 Å². The van der Waals surface area contributed by atoms with E-state index in [2.05, 4.69) is 15.6 Å². The van der Waals surface area contributed by atoms with Crippen molar-refractivity contribution < 1.29 is 33.5 Å².